The highest BCUT2D eigenvalue weighted by molar-refractivity contribution is 5.66. The van der Waals surface area contributed by atoms with E-state index in [1.54, 1.807) is 0 Å². The molecule has 2 heterocycles. The highest BCUT2D eigenvalue weighted by Gasteiger charge is 2.10. The lowest BCUT2D eigenvalue weighted by atomic mass is 10.1. The van der Waals surface area contributed by atoms with E-state index in [1.807, 2.05) is 49.7 Å². The minimum Gasteiger partial charge on any atom is -0.275 e. The van der Waals surface area contributed by atoms with E-state index < -0.39 is 0 Å². The third kappa shape index (κ3) is 1.32. The van der Waals surface area contributed by atoms with Gasteiger partial charge in [-0.25, -0.2) is 0 Å². The van der Waals surface area contributed by atoms with Crippen molar-refractivity contribution in [2.45, 2.75) is 13.8 Å². The minimum absolute atomic E-state index is 1.05. The third-order valence-electron chi connectivity index (χ3n) is 2.32. The Morgan fingerprint density at radius 2 is 1.21 bits per heavy atom. The van der Waals surface area contributed by atoms with Crippen molar-refractivity contribution in [1.29, 1.82) is 0 Å². The van der Waals surface area contributed by atoms with Crippen molar-refractivity contribution in [3.05, 3.63) is 23.8 Å². The number of hydrogen-bond acceptors (Lipinski definition) is 2. The normalized spacial score (nSPS) is 10.9. The Labute approximate surface area is 83.2 Å². The van der Waals surface area contributed by atoms with E-state index in [1.165, 1.54) is 0 Å². The van der Waals surface area contributed by atoms with Gasteiger partial charge in [0.05, 0.1) is 11.4 Å². The van der Waals surface area contributed by atoms with Crippen molar-refractivity contribution in [3.63, 3.8) is 0 Å². The van der Waals surface area contributed by atoms with Gasteiger partial charge in [-0.2, -0.15) is 10.2 Å². The minimum atomic E-state index is 1.05. The summed E-state index contributed by atoms with van der Waals surface area (Å²) in [5.74, 6) is 0. The number of aromatic nitrogens is 4. The molecular formula is C10H14N4. The maximum absolute atomic E-state index is 4.32. The lowest BCUT2D eigenvalue weighted by Crippen LogP contribution is -1.86. The smallest absolute Gasteiger partial charge is 0.0673 e. The molecule has 0 N–H and O–H groups in total. The van der Waals surface area contributed by atoms with Crippen molar-refractivity contribution in [2.24, 2.45) is 14.1 Å². The molecular weight excluding hydrogens is 176 g/mol. The van der Waals surface area contributed by atoms with E-state index in [9.17, 15) is 0 Å². The molecule has 0 saturated heterocycles. The fourth-order valence-electron chi connectivity index (χ4n) is 1.73. The summed E-state index contributed by atoms with van der Waals surface area (Å²) in [6.45, 7) is 4.03. The van der Waals surface area contributed by atoms with Crippen LogP contribution in [-0.4, -0.2) is 19.6 Å². The van der Waals surface area contributed by atoms with Crippen LogP contribution in [0.3, 0.4) is 0 Å². The molecule has 0 spiro atoms. The van der Waals surface area contributed by atoms with E-state index in [4.69, 9.17) is 0 Å². The lowest BCUT2D eigenvalue weighted by molar-refractivity contribution is 0.756. The zero-order valence-electron chi connectivity index (χ0n) is 8.94. The lowest BCUT2D eigenvalue weighted by Gasteiger charge is -1.93. The van der Waals surface area contributed by atoms with Gasteiger partial charge in [-0.05, 0) is 13.8 Å². The van der Waals surface area contributed by atoms with Gasteiger partial charge in [0.15, 0.2) is 0 Å². The quantitative estimate of drug-likeness (QED) is 0.682. The Morgan fingerprint density at radius 3 is 1.43 bits per heavy atom. The molecule has 0 saturated carbocycles. The van der Waals surface area contributed by atoms with Gasteiger partial charge in [-0.3, -0.25) is 9.36 Å². The monoisotopic (exact) mass is 190 g/mol. The van der Waals surface area contributed by atoms with Gasteiger partial charge < -0.3 is 0 Å². The molecule has 0 atom stereocenters. The van der Waals surface area contributed by atoms with Crippen molar-refractivity contribution < 1.29 is 0 Å². The maximum Gasteiger partial charge on any atom is 0.0673 e. The predicted octanol–water partition coefficient (Wildman–Crippen LogP) is 1.44. The van der Waals surface area contributed by atoms with E-state index in [-0.39, 0.29) is 0 Å². The zero-order chi connectivity index (χ0) is 10.3. The number of hydrogen-bond donors (Lipinski definition) is 0. The van der Waals surface area contributed by atoms with Crippen LogP contribution >= 0.6 is 0 Å². The van der Waals surface area contributed by atoms with Gasteiger partial charge in [0, 0.05) is 37.6 Å². The molecule has 0 unspecified atom stereocenters. The molecule has 0 aliphatic heterocycles. The number of nitrogens with zero attached hydrogens (tertiary/aromatic N) is 4. The summed E-state index contributed by atoms with van der Waals surface area (Å²) < 4.78 is 3.66. The Morgan fingerprint density at radius 1 is 0.857 bits per heavy atom. The van der Waals surface area contributed by atoms with Crippen LogP contribution in [0.5, 0.6) is 0 Å². The molecule has 2 aromatic heterocycles. The molecule has 2 aromatic rings. The summed E-state index contributed by atoms with van der Waals surface area (Å²) in [5.41, 5.74) is 4.42. The van der Waals surface area contributed by atoms with Crippen LogP contribution in [0.1, 0.15) is 11.4 Å². The van der Waals surface area contributed by atoms with E-state index in [0.717, 1.165) is 22.5 Å². The second kappa shape index (κ2) is 2.97. The molecule has 0 amide bonds. The van der Waals surface area contributed by atoms with Crippen LogP contribution < -0.4 is 0 Å². The van der Waals surface area contributed by atoms with Gasteiger partial charge >= 0.3 is 0 Å². The predicted molar refractivity (Wildman–Crippen MR) is 54.9 cm³/mol. The molecule has 0 aromatic carbocycles. The van der Waals surface area contributed by atoms with Crippen molar-refractivity contribution in [1.82, 2.24) is 19.6 Å². The summed E-state index contributed by atoms with van der Waals surface area (Å²) in [6, 6.07) is 0. The molecule has 0 fully saturated rings. The zero-order valence-corrected chi connectivity index (χ0v) is 8.94. The first-order chi connectivity index (χ1) is 6.58. The van der Waals surface area contributed by atoms with Crippen molar-refractivity contribution in [2.75, 3.05) is 0 Å². The summed E-state index contributed by atoms with van der Waals surface area (Å²) in [6.07, 6.45) is 4.05. The molecule has 4 heteroatoms. The number of aryl methyl sites for hydroxylation is 4. The first-order valence-corrected chi connectivity index (χ1v) is 4.59. The average molecular weight is 190 g/mol. The molecule has 14 heavy (non-hydrogen) atoms. The topological polar surface area (TPSA) is 35.6 Å². The van der Waals surface area contributed by atoms with Gasteiger partial charge in [-0.1, -0.05) is 0 Å². The molecule has 0 aliphatic carbocycles. The van der Waals surface area contributed by atoms with Gasteiger partial charge in [0.2, 0.25) is 0 Å². The van der Waals surface area contributed by atoms with Gasteiger partial charge in [0.1, 0.15) is 0 Å². The Balaban J connectivity index is 2.59. The van der Waals surface area contributed by atoms with Crippen LogP contribution in [-0.2, 0) is 14.1 Å². The molecule has 4 nitrogen and oxygen atoms in total. The summed E-state index contributed by atoms with van der Waals surface area (Å²) in [4.78, 5) is 0. The standard InChI is InChI=1S/C10H14N4/c1-7-9(5-13(3)11-7)10-6-14(4)12-8(10)2/h5-6H,1-4H3. The fraction of sp³-hybridized carbons (Fsp3) is 0.400. The summed E-state index contributed by atoms with van der Waals surface area (Å²) >= 11 is 0. The van der Waals surface area contributed by atoms with E-state index in [2.05, 4.69) is 10.2 Å². The second-order valence-corrected chi connectivity index (χ2v) is 3.60. The molecule has 2 rings (SSSR count). The molecule has 74 valence electrons. The Bertz CT molecular complexity index is 420. The fourth-order valence-corrected chi connectivity index (χ4v) is 1.73. The van der Waals surface area contributed by atoms with Gasteiger partial charge in [-0.15, -0.1) is 0 Å². The Hall–Kier alpha value is -1.58. The van der Waals surface area contributed by atoms with Gasteiger partial charge in [0.25, 0.3) is 0 Å². The van der Waals surface area contributed by atoms with Crippen molar-refractivity contribution >= 4 is 0 Å². The van der Waals surface area contributed by atoms with Crippen molar-refractivity contribution in [3.8, 4) is 11.1 Å². The summed E-state index contributed by atoms with van der Waals surface area (Å²) in [7, 11) is 3.87. The first-order valence-electron chi connectivity index (χ1n) is 4.59. The molecule has 0 bridgehead atoms. The van der Waals surface area contributed by atoms with E-state index in [0.29, 0.717) is 0 Å². The molecule has 0 aliphatic rings. The number of rotatable bonds is 1. The van der Waals surface area contributed by atoms with Crippen LogP contribution in [0.15, 0.2) is 12.4 Å². The van der Waals surface area contributed by atoms with Crippen LogP contribution in [0.25, 0.3) is 11.1 Å². The van der Waals surface area contributed by atoms with E-state index >= 15 is 0 Å². The van der Waals surface area contributed by atoms with Crippen LogP contribution in [0.4, 0.5) is 0 Å². The maximum atomic E-state index is 4.32. The highest BCUT2D eigenvalue weighted by Crippen LogP contribution is 2.24. The average Bonchev–Trinajstić information content (AvgIpc) is 2.55. The summed E-state index contributed by atoms with van der Waals surface area (Å²) in [5, 5.41) is 8.63. The highest BCUT2D eigenvalue weighted by atomic mass is 15.3. The largest absolute Gasteiger partial charge is 0.275 e. The molecule has 0 radical (unpaired) electrons. The SMILES string of the molecule is Cc1nn(C)cc1-c1cn(C)nc1C. The Kier molecular flexibility index (Phi) is 1.91. The first kappa shape index (κ1) is 8.99. The second-order valence-electron chi connectivity index (χ2n) is 3.60. The van der Waals surface area contributed by atoms with Crippen LogP contribution in [0, 0.1) is 13.8 Å². The third-order valence-corrected chi connectivity index (χ3v) is 2.32. The van der Waals surface area contributed by atoms with Crippen LogP contribution in [0.2, 0.25) is 0 Å².